The zero-order valence-corrected chi connectivity index (χ0v) is 24.5. The normalized spacial score (nSPS) is 11.3. The number of nitrogens with zero attached hydrogens (tertiary/aromatic N) is 4. The second-order valence-electron chi connectivity index (χ2n) is 8.42. The molecule has 0 aromatic heterocycles. The lowest BCUT2D eigenvalue weighted by Gasteiger charge is -2.22. The van der Waals surface area contributed by atoms with E-state index < -0.39 is 0 Å². The summed E-state index contributed by atoms with van der Waals surface area (Å²) in [4.78, 5) is 21.2. The lowest BCUT2D eigenvalue weighted by atomic mass is 10.2. The van der Waals surface area contributed by atoms with Crippen LogP contribution in [0.4, 0.5) is 17.1 Å². The zero-order valence-electron chi connectivity index (χ0n) is 21.4. The molecule has 6 nitrogen and oxygen atoms in total. The summed E-state index contributed by atoms with van der Waals surface area (Å²) in [5.41, 5.74) is 7.72. The van der Waals surface area contributed by atoms with Gasteiger partial charge in [0, 0.05) is 72.9 Å². The molecule has 0 saturated carbocycles. The molecule has 39 heavy (non-hydrogen) atoms. The van der Waals surface area contributed by atoms with Gasteiger partial charge < -0.3 is 9.80 Å². The van der Waals surface area contributed by atoms with Crippen LogP contribution in [0.2, 0.25) is 0 Å². The van der Waals surface area contributed by atoms with Crippen LogP contribution in [0.1, 0.15) is 21.5 Å². The van der Waals surface area contributed by atoms with Crippen molar-refractivity contribution in [1.29, 1.82) is 0 Å². The summed E-state index contributed by atoms with van der Waals surface area (Å²) in [7, 11) is 0. The molecule has 0 atom stereocenters. The predicted octanol–water partition coefficient (Wildman–Crippen LogP) is 6.77. The van der Waals surface area contributed by atoms with Crippen LogP contribution in [0.3, 0.4) is 0 Å². The molecule has 10 heteroatoms. The number of alkyl halides is 4. The second kappa shape index (κ2) is 17.0. The quantitative estimate of drug-likeness (QED) is 0.118. The van der Waals surface area contributed by atoms with Gasteiger partial charge in [-0.2, -0.15) is 5.10 Å². The van der Waals surface area contributed by atoms with E-state index in [2.05, 4.69) is 25.3 Å². The number of halogens is 4. The number of carbonyl (C=O) groups excluding carboxylic acids is 1. The molecule has 0 fully saturated rings. The fourth-order valence-electron chi connectivity index (χ4n) is 3.77. The van der Waals surface area contributed by atoms with Crippen molar-refractivity contribution in [3.05, 3.63) is 89.5 Å². The van der Waals surface area contributed by atoms with Gasteiger partial charge in [0.2, 0.25) is 0 Å². The van der Waals surface area contributed by atoms with Crippen molar-refractivity contribution < 1.29 is 4.79 Å². The Bertz CT molecular complexity index is 1190. The van der Waals surface area contributed by atoms with Crippen LogP contribution in [0.25, 0.3) is 0 Å². The number of hydrogen-bond acceptors (Lipinski definition) is 5. The Kier molecular flexibility index (Phi) is 13.4. The van der Waals surface area contributed by atoms with Gasteiger partial charge in [-0.05, 0) is 59.7 Å². The molecule has 0 heterocycles. The number of rotatable bonds is 15. The number of anilines is 2. The van der Waals surface area contributed by atoms with Gasteiger partial charge in [-0.3, -0.25) is 9.79 Å². The molecule has 1 amide bonds. The van der Waals surface area contributed by atoms with Crippen molar-refractivity contribution in [2.24, 2.45) is 10.1 Å². The smallest absolute Gasteiger partial charge is 0.271 e. The molecular weight excluding hydrogens is 576 g/mol. The third kappa shape index (κ3) is 10.0. The second-order valence-corrected chi connectivity index (χ2v) is 9.93. The van der Waals surface area contributed by atoms with Crippen LogP contribution < -0.4 is 15.2 Å². The van der Waals surface area contributed by atoms with E-state index in [9.17, 15) is 4.79 Å². The molecule has 3 rings (SSSR count). The molecule has 206 valence electrons. The number of carbonyl (C=O) groups is 1. The molecule has 0 spiro atoms. The van der Waals surface area contributed by atoms with Gasteiger partial charge in [-0.15, -0.1) is 46.4 Å². The number of hydrazone groups is 1. The molecule has 3 aromatic carbocycles. The SMILES string of the molecule is O=C(N/N=C/c1ccc(N(CCCl)CCCl)cc1)c1ccc(N=Cc2ccc(N(CCCl)CCCl)cc2)cc1. The molecule has 0 bridgehead atoms. The van der Waals surface area contributed by atoms with E-state index in [0.29, 0.717) is 29.1 Å². The standard InChI is InChI=1S/C29H31Cl4N5O/c30-13-17-37(18-14-31)27-9-1-23(2-10-27)21-34-26-7-5-25(6-8-26)29(39)36-35-22-24-3-11-28(12-4-24)38(19-15-32)20-16-33/h1-12,21-22H,13-20H2,(H,36,39)/b34-21?,35-22+. The molecule has 0 aliphatic rings. The average molecular weight is 607 g/mol. The van der Waals surface area contributed by atoms with Crippen LogP contribution in [0, 0.1) is 0 Å². The number of amides is 1. The average Bonchev–Trinajstić information content (AvgIpc) is 2.97. The van der Waals surface area contributed by atoms with Crippen LogP contribution in [0.15, 0.2) is 82.9 Å². The molecule has 0 saturated heterocycles. The fraction of sp³-hybridized carbons (Fsp3) is 0.276. The Balaban J connectivity index is 1.53. The van der Waals surface area contributed by atoms with Crippen molar-refractivity contribution in [2.75, 3.05) is 59.5 Å². The van der Waals surface area contributed by atoms with Crippen LogP contribution >= 0.6 is 46.4 Å². The van der Waals surface area contributed by atoms with Gasteiger partial charge in [-0.25, -0.2) is 5.43 Å². The van der Waals surface area contributed by atoms with E-state index in [-0.39, 0.29) is 5.91 Å². The summed E-state index contributed by atoms with van der Waals surface area (Å²) in [5, 5.41) is 4.08. The van der Waals surface area contributed by atoms with Crippen LogP contribution in [0.5, 0.6) is 0 Å². The third-order valence-corrected chi connectivity index (χ3v) is 6.48. The summed E-state index contributed by atoms with van der Waals surface area (Å²) in [6.45, 7) is 2.92. The highest BCUT2D eigenvalue weighted by atomic mass is 35.5. The molecule has 0 aliphatic carbocycles. The number of hydrogen-bond donors (Lipinski definition) is 1. The van der Waals surface area contributed by atoms with Crippen molar-refractivity contribution in [1.82, 2.24) is 5.43 Å². The van der Waals surface area contributed by atoms with E-state index in [1.54, 1.807) is 36.7 Å². The molecule has 3 aromatic rings. The van der Waals surface area contributed by atoms with Gasteiger partial charge >= 0.3 is 0 Å². The Morgan fingerprint density at radius 3 is 1.51 bits per heavy atom. The summed E-state index contributed by atoms with van der Waals surface area (Å²) in [6, 6.07) is 22.9. The van der Waals surface area contributed by atoms with Crippen molar-refractivity contribution in [3.8, 4) is 0 Å². The molecule has 1 N–H and O–H groups in total. The molecule has 0 unspecified atom stereocenters. The zero-order chi connectivity index (χ0) is 27.9. The first-order chi connectivity index (χ1) is 19.1. The summed E-state index contributed by atoms with van der Waals surface area (Å²) >= 11 is 23.6. The highest BCUT2D eigenvalue weighted by Gasteiger charge is 2.07. The van der Waals surface area contributed by atoms with Crippen LogP contribution in [-0.2, 0) is 0 Å². The minimum Gasteiger partial charge on any atom is -0.369 e. The van der Waals surface area contributed by atoms with Crippen molar-refractivity contribution in [2.45, 2.75) is 0 Å². The highest BCUT2D eigenvalue weighted by molar-refractivity contribution is 6.19. The maximum Gasteiger partial charge on any atom is 0.271 e. The third-order valence-electron chi connectivity index (χ3n) is 5.81. The lowest BCUT2D eigenvalue weighted by molar-refractivity contribution is 0.0955. The van der Waals surface area contributed by atoms with Gasteiger partial charge in [0.05, 0.1) is 11.9 Å². The van der Waals surface area contributed by atoms with E-state index in [1.165, 1.54) is 0 Å². The molecule has 0 radical (unpaired) electrons. The molecular formula is C29H31Cl4N5O. The van der Waals surface area contributed by atoms with Gasteiger partial charge in [0.25, 0.3) is 5.91 Å². The van der Waals surface area contributed by atoms with Crippen LogP contribution in [-0.4, -0.2) is 68.0 Å². The topological polar surface area (TPSA) is 60.3 Å². The van der Waals surface area contributed by atoms with Gasteiger partial charge in [-0.1, -0.05) is 24.3 Å². The minimum atomic E-state index is -0.303. The van der Waals surface area contributed by atoms with Gasteiger partial charge in [0.15, 0.2) is 0 Å². The summed E-state index contributed by atoms with van der Waals surface area (Å²) in [5.74, 6) is 1.83. The Hall–Kier alpha value is -2.77. The summed E-state index contributed by atoms with van der Waals surface area (Å²) in [6.07, 6.45) is 3.39. The van der Waals surface area contributed by atoms with E-state index in [1.807, 2.05) is 48.5 Å². The largest absolute Gasteiger partial charge is 0.369 e. The monoisotopic (exact) mass is 605 g/mol. The minimum absolute atomic E-state index is 0.303. The molecule has 0 aliphatic heterocycles. The van der Waals surface area contributed by atoms with E-state index in [0.717, 1.165) is 54.4 Å². The summed E-state index contributed by atoms with van der Waals surface area (Å²) < 4.78 is 0. The van der Waals surface area contributed by atoms with E-state index >= 15 is 0 Å². The number of benzene rings is 3. The van der Waals surface area contributed by atoms with E-state index in [4.69, 9.17) is 46.4 Å². The predicted molar refractivity (Wildman–Crippen MR) is 169 cm³/mol. The fourth-order valence-corrected chi connectivity index (χ4v) is 4.58. The first-order valence-corrected chi connectivity index (χ1v) is 14.6. The Labute approximate surface area is 250 Å². The maximum absolute atomic E-state index is 12.5. The Morgan fingerprint density at radius 1 is 0.641 bits per heavy atom. The maximum atomic E-state index is 12.5. The number of aliphatic imine (C=N–C) groups is 1. The highest BCUT2D eigenvalue weighted by Crippen LogP contribution is 2.18. The lowest BCUT2D eigenvalue weighted by Crippen LogP contribution is -2.27. The first kappa shape index (κ1) is 30.8. The van der Waals surface area contributed by atoms with Gasteiger partial charge in [0.1, 0.15) is 0 Å². The first-order valence-electron chi connectivity index (χ1n) is 12.5. The Morgan fingerprint density at radius 2 is 1.08 bits per heavy atom. The number of nitrogens with one attached hydrogen (secondary N) is 1. The van der Waals surface area contributed by atoms with Crippen molar-refractivity contribution >= 4 is 81.8 Å². The van der Waals surface area contributed by atoms with Crippen molar-refractivity contribution in [3.63, 3.8) is 0 Å².